The fourth-order valence-corrected chi connectivity index (χ4v) is 2.28. The van der Waals surface area contributed by atoms with Crippen LogP contribution in [0.5, 0.6) is 11.5 Å². The molecule has 0 spiro atoms. The minimum absolute atomic E-state index is 0.412. The van der Waals surface area contributed by atoms with E-state index in [1.54, 1.807) is 43.3 Å². The molecular weight excluding hydrogens is 356 g/mol. The van der Waals surface area contributed by atoms with Gasteiger partial charge in [0.2, 0.25) is 0 Å². The molecule has 0 saturated carbocycles. The van der Waals surface area contributed by atoms with E-state index >= 15 is 0 Å². The number of rotatable bonds is 8. The molecule has 0 bridgehead atoms. The number of aryl methyl sites for hydroxylation is 1. The minimum Gasteiger partial charge on any atom is -0.494 e. The Labute approximate surface area is 166 Å². The monoisotopic (exact) mass is 384 g/mol. The van der Waals surface area contributed by atoms with E-state index < -0.39 is 17.9 Å². The summed E-state index contributed by atoms with van der Waals surface area (Å²) in [4.78, 5) is 24.3. The summed E-state index contributed by atoms with van der Waals surface area (Å²) < 4.78 is 11.2. The zero-order valence-electron chi connectivity index (χ0n) is 16.8. The Morgan fingerprint density at radius 1 is 0.893 bits per heavy atom. The molecule has 0 aliphatic rings. The van der Waals surface area contributed by atoms with Crippen LogP contribution in [-0.4, -0.2) is 24.5 Å². The predicted octanol–water partition coefficient (Wildman–Crippen LogP) is 3.65. The van der Waals surface area contributed by atoms with Gasteiger partial charge in [-0.15, -0.1) is 0 Å². The van der Waals surface area contributed by atoms with Crippen molar-refractivity contribution < 1.29 is 19.1 Å². The van der Waals surface area contributed by atoms with Crippen LogP contribution in [0.15, 0.2) is 48.5 Å². The molecule has 2 rings (SSSR count). The molecule has 2 amide bonds. The summed E-state index contributed by atoms with van der Waals surface area (Å²) in [6.07, 6.45) is 0.219. The summed E-state index contributed by atoms with van der Waals surface area (Å²) in [6.45, 7) is 8.50. The van der Waals surface area contributed by atoms with E-state index in [-0.39, 0.29) is 0 Å². The minimum atomic E-state index is -0.750. The van der Waals surface area contributed by atoms with Gasteiger partial charge in [0.1, 0.15) is 11.5 Å². The molecule has 2 N–H and O–H groups in total. The molecule has 28 heavy (non-hydrogen) atoms. The van der Waals surface area contributed by atoms with Crippen LogP contribution < -0.4 is 20.3 Å². The van der Waals surface area contributed by atoms with Gasteiger partial charge in [-0.2, -0.15) is 0 Å². The lowest BCUT2D eigenvalue weighted by Crippen LogP contribution is -2.47. The number of hydrogen-bond acceptors (Lipinski definition) is 4. The molecule has 0 aliphatic heterocycles. The standard InChI is InChI=1S/C22H28N2O4/c1-15(2)13-14-27-19-11-7-18(8-12-19)22(26)24-23-21(25)17(4)28-20-9-5-16(3)6-10-20/h5-12,15,17H,13-14H2,1-4H3,(H,23,25)(H,24,26). The van der Waals surface area contributed by atoms with Crippen molar-refractivity contribution in [2.24, 2.45) is 5.92 Å². The van der Waals surface area contributed by atoms with Gasteiger partial charge in [-0.05, 0) is 62.6 Å². The van der Waals surface area contributed by atoms with E-state index in [9.17, 15) is 9.59 Å². The lowest BCUT2D eigenvalue weighted by Gasteiger charge is -2.15. The smallest absolute Gasteiger partial charge is 0.279 e. The molecule has 1 atom stereocenters. The van der Waals surface area contributed by atoms with Crippen molar-refractivity contribution in [1.29, 1.82) is 0 Å². The van der Waals surface area contributed by atoms with Crippen LogP contribution in [0.3, 0.4) is 0 Å². The van der Waals surface area contributed by atoms with Crippen LogP contribution in [0.2, 0.25) is 0 Å². The number of benzene rings is 2. The van der Waals surface area contributed by atoms with Crippen molar-refractivity contribution in [3.8, 4) is 11.5 Å². The van der Waals surface area contributed by atoms with Gasteiger partial charge >= 0.3 is 0 Å². The van der Waals surface area contributed by atoms with E-state index in [1.165, 1.54) is 0 Å². The van der Waals surface area contributed by atoms with Crippen LogP contribution in [0.4, 0.5) is 0 Å². The molecule has 0 radical (unpaired) electrons. The van der Waals surface area contributed by atoms with E-state index in [1.807, 2.05) is 19.1 Å². The second kappa shape index (κ2) is 10.3. The molecule has 1 unspecified atom stereocenters. The Hall–Kier alpha value is -3.02. The summed E-state index contributed by atoms with van der Waals surface area (Å²) in [5, 5.41) is 0. The first-order valence-electron chi connectivity index (χ1n) is 9.41. The fraction of sp³-hybridized carbons (Fsp3) is 0.364. The number of hydrogen-bond donors (Lipinski definition) is 2. The zero-order chi connectivity index (χ0) is 20.5. The van der Waals surface area contributed by atoms with Gasteiger partial charge in [0.15, 0.2) is 6.10 Å². The zero-order valence-corrected chi connectivity index (χ0v) is 16.8. The molecule has 0 saturated heterocycles. The highest BCUT2D eigenvalue weighted by molar-refractivity contribution is 5.95. The number of carbonyl (C=O) groups excluding carboxylic acids is 2. The van der Waals surface area contributed by atoms with Crippen LogP contribution in [0.25, 0.3) is 0 Å². The van der Waals surface area contributed by atoms with Crippen molar-refractivity contribution in [3.63, 3.8) is 0 Å². The highest BCUT2D eigenvalue weighted by atomic mass is 16.5. The molecule has 0 heterocycles. The normalized spacial score (nSPS) is 11.6. The molecule has 0 aromatic heterocycles. The number of carbonyl (C=O) groups is 2. The molecule has 6 nitrogen and oxygen atoms in total. The summed E-state index contributed by atoms with van der Waals surface area (Å²) in [6, 6.07) is 14.2. The van der Waals surface area contributed by atoms with E-state index in [0.29, 0.717) is 29.6 Å². The van der Waals surface area contributed by atoms with Gasteiger partial charge in [-0.3, -0.25) is 20.4 Å². The molecule has 0 fully saturated rings. The lowest BCUT2D eigenvalue weighted by molar-refractivity contribution is -0.128. The largest absolute Gasteiger partial charge is 0.494 e. The highest BCUT2D eigenvalue weighted by Gasteiger charge is 2.16. The molecule has 2 aromatic rings. The van der Waals surface area contributed by atoms with Crippen molar-refractivity contribution >= 4 is 11.8 Å². The molecule has 150 valence electrons. The highest BCUT2D eigenvalue weighted by Crippen LogP contribution is 2.14. The summed E-state index contributed by atoms with van der Waals surface area (Å²) in [5.74, 6) is 1.02. The Kier molecular flexibility index (Phi) is 7.87. The maximum absolute atomic E-state index is 12.2. The molecular formula is C22H28N2O4. The van der Waals surface area contributed by atoms with Crippen molar-refractivity contribution in [2.45, 2.75) is 40.2 Å². The topological polar surface area (TPSA) is 76.7 Å². The van der Waals surface area contributed by atoms with Gasteiger partial charge < -0.3 is 9.47 Å². The van der Waals surface area contributed by atoms with Crippen LogP contribution in [-0.2, 0) is 4.79 Å². The van der Waals surface area contributed by atoms with Crippen LogP contribution >= 0.6 is 0 Å². The summed E-state index contributed by atoms with van der Waals surface area (Å²) in [5.41, 5.74) is 6.30. The first-order chi connectivity index (χ1) is 13.3. The second-order valence-electron chi connectivity index (χ2n) is 7.07. The maximum Gasteiger partial charge on any atom is 0.279 e. The quantitative estimate of drug-likeness (QED) is 0.681. The number of ether oxygens (including phenoxy) is 2. The third-order valence-corrected chi connectivity index (χ3v) is 4.08. The van der Waals surface area contributed by atoms with Crippen LogP contribution in [0.1, 0.15) is 43.1 Å². The number of hydrazine groups is 1. The maximum atomic E-state index is 12.2. The van der Waals surface area contributed by atoms with Crippen LogP contribution in [0, 0.1) is 12.8 Å². The predicted molar refractivity (Wildman–Crippen MR) is 108 cm³/mol. The number of nitrogens with one attached hydrogen (secondary N) is 2. The Morgan fingerprint density at radius 3 is 2.11 bits per heavy atom. The van der Waals surface area contributed by atoms with Crippen molar-refractivity contribution in [2.75, 3.05) is 6.61 Å². The van der Waals surface area contributed by atoms with Crippen molar-refractivity contribution in [1.82, 2.24) is 10.9 Å². The SMILES string of the molecule is Cc1ccc(OC(C)C(=O)NNC(=O)c2ccc(OCCC(C)C)cc2)cc1. The second-order valence-corrected chi connectivity index (χ2v) is 7.07. The molecule has 0 aliphatic carbocycles. The Morgan fingerprint density at radius 2 is 1.50 bits per heavy atom. The van der Waals surface area contributed by atoms with Gasteiger partial charge in [0.05, 0.1) is 6.61 Å². The summed E-state index contributed by atoms with van der Waals surface area (Å²) >= 11 is 0. The first kappa shape index (κ1) is 21.3. The fourth-order valence-electron chi connectivity index (χ4n) is 2.28. The van der Waals surface area contributed by atoms with E-state index in [4.69, 9.17) is 9.47 Å². The average molecular weight is 384 g/mol. The van der Waals surface area contributed by atoms with E-state index in [2.05, 4.69) is 24.7 Å². The van der Waals surface area contributed by atoms with Gasteiger partial charge in [0, 0.05) is 5.56 Å². The van der Waals surface area contributed by atoms with Gasteiger partial charge in [-0.1, -0.05) is 31.5 Å². The van der Waals surface area contributed by atoms with Gasteiger partial charge in [-0.25, -0.2) is 0 Å². The Bertz CT molecular complexity index is 770. The van der Waals surface area contributed by atoms with E-state index in [0.717, 1.165) is 12.0 Å². The first-order valence-corrected chi connectivity index (χ1v) is 9.41. The lowest BCUT2D eigenvalue weighted by atomic mass is 10.1. The molecule has 2 aromatic carbocycles. The van der Waals surface area contributed by atoms with Crippen molar-refractivity contribution in [3.05, 3.63) is 59.7 Å². The summed E-state index contributed by atoms with van der Waals surface area (Å²) in [7, 11) is 0. The third kappa shape index (κ3) is 6.95. The number of amides is 2. The average Bonchev–Trinajstić information content (AvgIpc) is 2.67. The van der Waals surface area contributed by atoms with Gasteiger partial charge in [0.25, 0.3) is 11.8 Å². The third-order valence-electron chi connectivity index (χ3n) is 4.08. The Balaban J connectivity index is 1.78. The molecule has 6 heteroatoms.